The molecule has 0 bridgehead atoms. The van der Waals surface area contributed by atoms with Crippen molar-refractivity contribution < 1.29 is 13.9 Å². The first-order valence-electron chi connectivity index (χ1n) is 10.5. The summed E-state index contributed by atoms with van der Waals surface area (Å²) >= 11 is 12.3. The molecule has 0 saturated heterocycles. The third-order valence-electron chi connectivity index (χ3n) is 5.71. The summed E-state index contributed by atoms with van der Waals surface area (Å²) in [6.07, 6.45) is 0. The van der Waals surface area contributed by atoms with Crippen LogP contribution in [-0.2, 0) is 6.61 Å². The Balaban J connectivity index is 1.50. The maximum absolute atomic E-state index is 13.9. The molecule has 5 rings (SSSR count). The van der Waals surface area contributed by atoms with E-state index in [-0.39, 0.29) is 29.8 Å². The van der Waals surface area contributed by atoms with Crippen LogP contribution < -0.4 is 15.2 Å². The minimum absolute atomic E-state index is 0.0166. The molecule has 1 unspecified atom stereocenters. The molecule has 1 atom stereocenters. The molecule has 3 aromatic carbocycles. The zero-order valence-electron chi connectivity index (χ0n) is 18.1. The molecular weight excluding hydrogens is 490 g/mol. The number of nitrogens with two attached hydrogens (primary N) is 1. The molecular formula is C26H17Cl2FN4O2. The van der Waals surface area contributed by atoms with Gasteiger partial charge in [-0.25, -0.2) is 4.39 Å². The number of aromatic amines is 1. The molecule has 3 N–H and O–H groups in total. The fourth-order valence-corrected chi connectivity index (χ4v) is 4.28. The Morgan fingerprint density at radius 3 is 2.57 bits per heavy atom. The van der Waals surface area contributed by atoms with Crippen LogP contribution in [0.1, 0.15) is 22.6 Å². The zero-order valence-corrected chi connectivity index (χ0v) is 19.6. The number of benzene rings is 3. The van der Waals surface area contributed by atoms with Gasteiger partial charge in [0.25, 0.3) is 0 Å². The van der Waals surface area contributed by atoms with Crippen molar-refractivity contribution in [3.8, 4) is 29.0 Å². The van der Waals surface area contributed by atoms with Gasteiger partial charge in [0, 0.05) is 11.1 Å². The Bertz CT molecular complexity index is 1490. The van der Waals surface area contributed by atoms with E-state index in [2.05, 4.69) is 16.3 Å². The van der Waals surface area contributed by atoms with E-state index in [1.54, 1.807) is 48.5 Å². The van der Waals surface area contributed by atoms with Crippen molar-refractivity contribution in [3.63, 3.8) is 0 Å². The quantitative estimate of drug-likeness (QED) is 0.330. The summed E-state index contributed by atoms with van der Waals surface area (Å²) in [5.74, 6) is -0.0679. The van der Waals surface area contributed by atoms with Gasteiger partial charge in [-0.1, -0.05) is 59.6 Å². The average Bonchev–Trinajstić information content (AvgIpc) is 3.28. The van der Waals surface area contributed by atoms with Crippen LogP contribution in [0.15, 0.2) is 78.2 Å². The predicted octanol–water partition coefficient (Wildman–Crippen LogP) is 6.32. The second-order valence-electron chi connectivity index (χ2n) is 7.82. The van der Waals surface area contributed by atoms with Crippen LogP contribution in [-0.4, -0.2) is 10.2 Å². The summed E-state index contributed by atoms with van der Waals surface area (Å²) in [6.45, 7) is 0.0902. The van der Waals surface area contributed by atoms with Crippen molar-refractivity contribution in [2.45, 2.75) is 12.5 Å². The van der Waals surface area contributed by atoms with Gasteiger partial charge in [0.15, 0.2) is 0 Å². The monoisotopic (exact) mass is 506 g/mol. The number of ether oxygens (including phenoxy) is 2. The van der Waals surface area contributed by atoms with E-state index in [4.69, 9.17) is 38.4 Å². The number of nitrogens with zero attached hydrogens (tertiary/aromatic N) is 2. The van der Waals surface area contributed by atoms with Gasteiger partial charge in [-0.3, -0.25) is 5.10 Å². The zero-order chi connectivity index (χ0) is 24.5. The van der Waals surface area contributed by atoms with Gasteiger partial charge in [0.2, 0.25) is 11.8 Å². The molecule has 4 aromatic rings. The Morgan fingerprint density at radius 1 is 1.09 bits per heavy atom. The Morgan fingerprint density at radius 2 is 1.86 bits per heavy atom. The second-order valence-corrected chi connectivity index (χ2v) is 8.63. The summed E-state index contributed by atoms with van der Waals surface area (Å²) in [5, 5.41) is 17.9. The lowest BCUT2D eigenvalue weighted by molar-refractivity contribution is 0.300. The van der Waals surface area contributed by atoms with Crippen LogP contribution in [0.5, 0.6) is 11.6 Å². The molecule has 0 aliphatic carbocycles. The average molecular weight is 507 g/mol. The van der Waals surface area contributed by atoms with Gasteiger partial charge in [-0.2, -0.15) is 5.26 Å². The van der Waals surface area contributed by atoms with Crippen molar-refractivity contribution in [1.29, 1.82) is 5.26 Å². The lowest BCUT2D eigenvalue weighted by atomic mass is 9.83. The maximum Gasteiger partial charge on any atom is 0.244 e. The van der Waals surface area contributed by atoms with Crippen LogP contribution in [0, 0.1) is 17.1 Å². The van der Waals surface area contributed by atoms with E-state index in [9.17, 15) is 9.65 Å². The molecule has 0 amide bonds. The minimum atomic E-state index is -0.549. The number of hydrogen-bond acceptors (Lipinski definition) is 5. The minimum Gasteiger partial charge on any atom is -0.489 e. The van der Waals surface area contributed by atoms with E-state index >= 15 is 0 Å². The van der Waals surface area contributed by atoms with Crippen LogP contribution in [0.25, 0.3) is 11.3 Å². The molecule has 0 fully saturated rings. The molecule has 174 valence electrons. The standard InChI is InChI=1S/C26H17Cl2FN4O2/c27-19-10-7-15(11-20(19)28)24-23-22(18(12-30)25(31)35-26(23)33-32-24)14-5-8-17(9-6-14)34-13-16-3-1-2-4-21(16)29/h1-11,22H,13,31H2,(H,32,33). The molecule has 2 heterocycles. The molecule has 35 heavy (non-hydrogen) atoms. The van der Waals surface area contributed by atoms with Crippen LogP contribution in [0.3, 0.4) is 0 Å². The van der Waals surface area contributed by atoms with Crippen LogP contribution in [0.4, 0.5) is 4.39 Å². The molecule has 0 radical (unpaired) electrons. The summed E-state index contributed by atoms with van der Waals surface area (Å²) in [5.41, 5.74) is 9.54. The molecule has 1 aromatic heterocycles. The van der Waals surface area contributed by atoms with E-state index in [0.29, 0.717) is 32.6 Å². The van der Waals surface area contributed by atoms with Gasteiger partial charge in [-0.15, -0.1) is 5.10 Å². The summed E-state index contributed by atoms with van der Waals surface area (Å²) in [7, 11) is 0. The van der Waals surface area contributed by atoms with Gasteiger partial charge < -0.3 is 15.2 Å². The number of halogens is 3. The van der Waals surface area contributed by atoms with Gasteiger partial charge in [0.05, 0.1) is 27.2 Å². The number of nitrogens with one attached hydrogen (secondary N) is 1. The van der Waals surface area contributed by atoms with E-state index in [1.165, 1.54) is 6.07 Å². The summed E-state index contributed by atoms with van der Waals surface area (Å²) in [4.78, 5) is 0. The first kappa shape index (κ1) is 22.8. The number of rotatable bonds is 5. The van der Waals surface area contributed by atoms with E-state index in [0.717, 1.165) is 11.1 Å². The normalized spacial score (nSPS) is 14.7. The largest absolute Gasteiger partial charge is 0.489 e. The van der Waals surface area contributed by atoms with Gasteiger partial charge in [-0.05, 0) is 35.9 Å². The number of aromatic nitrogens is 2. The number of allylic oxidation sites excluding steroid dienone is 1. The van der Waals surface area contributed by atoms with Crippen molar-refractivity contribution in [2.24, 2.45) is 5.73 Å². The highest BCUT2D eigenvalue weighted by atomic mass is 35.5. The maximum atomic E-state index is 13.9. The smallest absolute Gasteiger partial charge is 0.244 e. The van der Waals surface area contributed by atoms with E-state index < -0.39 is 5.92 Å². The van der Waals surface area contributed by atoms with Crippen molar-refractivity contribution >= 4 is 23.2 Å². The van der Waals surface area contributed by atoms with Crippen LogP contribution >= 0.6 is 23.2 Å². The number of H-pyrrole nitrogens is 1. The number of fused-ring (bicyclic) bond motifs is 1. The molecule has 1 aliphatic rings. The highest BCUT2D eigenvalue weighted by molar-refractivity contribution is 6.42. The lowest BCUT2D eigenvalue weighted by Gasteiger charge is -2.24. The third kappa shape index (κ3) is 4.30. The molecule has 9 heteroatoms. The van der Waals surface area contributed by atoms with Crippen molar-refractivity contribution in [2.75, 3.05) is 0 Å². The van der Waals surface area contributed by atoms with Gasteiger partial charge >= 0.3 is 0 Å². The molecule has 1 aliphatic heterocycles. The second kappa shape index (κ2) is 9.34. The predicted molar refractivity (Wildman–Crippen MR) is 131 cm³/mol. The Labute approximate surface area is 210 Å². The molecule has 6 nitrogen and oxygen atoms in total. The SMILES string of the molecule is N#CC1=C(N)Oc2n[nH]c(-c3ccc(Cl)c(Cl)c3)c2C1c1ccc(OCc2ccccc2F)cc1. The summed E-state index contributed by atoms with van der Waals surface area (Å²) in [6, 6.07) is 21.0. The van der Waals surface area contributed by atoms with Crippen LogP contribution in [0.2, 0.25) is 10.0 Å². The summed E-state index contributed by atoms with van der Waals surface area (Å²) < 4.78 is 25.3. The first-order valence-corrected chi connectivity index (χ1v) is 11.3. The number of hydrogen-bond donors (Lipinski definition) is 2. The Hall–Kier alpha value is -3.99. The van der Waals surface area contributed by atoms with E-state index in [1.807, 2.05) is 12.1 Å². The third-order valence-corrected chi connectivity index (χ3v) is 6.45. The highest BCUT2D eigenvalue weighted by Gasteiger charge is 2.35. The topological polar surface area (TPSA) is 97.0 Å². The highest BCUT2D eigenvalue weighted by Crippen LogP contribution is 2.46. The number of nitriles is 1. The Kier molecular flexibility index (Phi) is 6.08. The van der Waals surface area contributed by atoms with Crippen molar-refractivity contribution in [1.82, 2.24) is 10.2 Å². The van der Waals surface area contributed by atoms with Gasteiger partial charge in [0.1, 0.15) is 29.8 Å². The first-order chi connectivity index (χ1) is 17.0. The molecule has 0 spiro atoms. The van der Waals surface area contributed by atoms with Crippen molar-refractivity contribution in [3.05, 3.63) is 111 Å². The fraction of sp³-hybridized carbons (Fsp3) is 0.0769. The fourth-order valence-electron chi connectivity index (χ4n) is 3.98. The lowest BCUT2D eigenvalue weighted by Crippen LogP contribution is -2.21. The molecule has 0 saturated carbocycles.